The topological polar surface area (TPSA) is 43.7 Å². The molecule has 2 N–H and O–H groups in total. The lowest BCUT2D eigenvalue weighted by molar-refractivity contribution is 0.465. The van der Waals surface area contributed by atoms with E-state index in [9.17, 15) is 10.2 Å². The summed E-state index contributed by atoms with van der Waals surface area (Å²) in [5.74, 6) is 0.559. The van der Waals surface area contributed by atoms with E-state index in [1.807, 2.05) is 66.7 Å². The Morgan fingerprint density at radius 2 is 0.935 bits per heavy atom. The molecule has 0 spiro atoms. The van der Waals surface area contributed by atoms with Gasteiger partial charge in [0.2, 0.25) is 0 Å². The van der Waals surface area contributed by atoms with Crippen molar-refractivity contribution < 1.29 is 10.2 Å². The number of hydrogen-bond donors (Lipinski definition) is 2. The third kappa shape index (κ3) is 3.66. The van der Waals surface area contributed by atoms with Crippen molar-refractivity contribution in [3.05, 3.63) is 114 Å². The van der Waals surface area contributed by atoms with E-state index in [-0.39, 0.29) is 11.5 Å². The molecule has 5 aromatic carbocycles. The first-order valence-corrected chi connectivity index (χ1v) is 10.4. The first-order chi connectivity index (χ1) is 15.2. The fraction of sp³-hybridized carbons (Fsp3) is 0.0714. The molecule has 5 aromatic rings. The van der Waals surface area contributed by atoms with Gasteiger partial charge in [-0.3, -0.25) is 0 Å². The molecule has 0 saturated heterocycles. The second kappa shape index (κ2) is 8.04. The van der Waals surface area contributed by atoms with Crippen LogP contribution < -0.4 is 4.90 Å². The summed E-state index contributed by atoms with van der Waals surface area (Å²) in [6.45, 7) is 1.03. The lowest BCUT2D eigenvalue weighted by Gasteiger charge is -2.27. The van der Waals surface area contributed by atoms with E-state index in [4.69, 9.17) is 0 Å². The van der Waals surface area contributed by atoms with E-state index in [0.717, 1.165) is 38.4 Å². The van der Waals surface area contributed by atoms with Gasteiger partial charge in [-0.05, 0) is 45.8 Å². The third-order valence-corrected chi connectivity index (χ3v) is 5.85. The molecule has 0 atom stereocenters. The number of nitrogens with zero attached hydrogens (tertiary/aromatic N) is 1. The Morgan fingerprint density at radius 1 is 0.484 bits per heavy atom. The molecule has 0 amide bonds. The molecule has 31 heavy (non-hydrogen) atoms. The smallest absolute Gasteiger partial charge is 0.121 e. The second-order valence-electron chi connectivity index (χ2n) is 7.76. The molecule has 0 unspecified atom stereocenters. The first kappa shape index (κ1) is 19.0. The zero-order valence-corrected chi connectivity index (χ0v) is 17.1. The molecule has 3 heteroatoms. The van der Waals surface area contributed by atoms with Gasteiger partial charge in [-0.25, -0.2) is 0 Å². The van der Waals surface area contributed by atoms with Gasteiger partial charge in [-0.15, -0.1) is 0 Å². The van der Waals surface area contributed by atoms with Crippen LogP contribution in [-0.4, -0.2) is 10.2 Å². The van der Waals surface area contributed by atoms with Gasteiger partial charge in [0.25, 0.3) is 0 Å². The molecule has 0 aliphatic carbocycles. The average molecular weight is 405 g/mol. The summed E-state index contributed by atoms with van der Waals surface area (Å²) in [4.78, 5) is 2.20. The Hall–Kier alpha value is -3.98. The standard InChI is InChI=1S/C28H23NO2/c30-27-16-14-20-8-4-6-12-23(20)25(27)18-29(22-10-2-1-3-11-22)19-26-24-13-7-5-9-21(24)15-17-28(26)31/h1-17,30-31H,18-19H2. The maximum absolute atomic E-state index is 10.7. The van der Waals surface area contributed by atoms with Gasteiger partial charge in [0.05, 0.1) is 0 Å². The number of aromatic hydroxyl groups is 2. The predicted octanol–water partition coefficient (Wildman–Crippen LogP) is 6.61. The molecular formula is C28H23NO2. The largest absolute Gasteiger partial charge is 0.508 e. The summed E-state index contributed by atoms with van der Waals surface area (Å²) >= 11 is 0. The maximum Gasteiger partial charge on any atom is 0.121 e. The van der Waals surface area contributed by atoms with Crippen LogP contribution in [0, 0.1) is 0 Å². The summed E-state index contributed by atoms with van der Waals surface area (Å²) in [7, 11) is 0. The molecule has 0 saturated carbocycles. The molecule has 152 valence electrons. The fourth-order valence-corrected chi connectivity index (χ4v) is 4.24. The normalized spacial score (nSPS) is 11.1. The number of anilines is 1. The molecule has 0 fully saturated rings. The van der Waals surface area contributed by atoms with Crippen LogP contribution in [0.3, 0.4) is 0 Å². The Balaban J connectivity index is 1.63. The molecular weight excluding hydrogens is 382 g/mol. The number of hydrogen-bond acceptors (Lipinski definition) is 3. The quantitative estimate of drug-likeness (QED) is 0.346. The van der Waals surface area contributed by atoms with E-state index < -0.39 is 0 Å². The number of phenols is 2. The Kier molecular flexibility index (Phi) is 4.93. The van der Waals surface area contributed by atoms with Gasteiger partial charge in [-0.1, -0.05) is 78.9 Å². The number of rotatable bonds is 5. The van der Waals surface area contributed by atoms with Gasteiger partial charge in [0.15, 0.2) is 0 Å². The van der Waals surface area contributed by atoms with Crippen molar-refractivity contribution >= 4 is 27.2 Å². The number of phenolic OH excluding ortho intramolecular Hbond substituents is 2. The Labute approximate surface area is 181 Å². The van der Waals surface area contributed by atoms with E-state index in [1.165, 1.54) is 0 Å². The fourth-order valence-electron chi connectivity index (χ4n) is 4.24. The minimum Gasteiger partial charge on any atom is -0.508 e. The molecule has 0 aliphatic rings. The van der Waals surface area contributed by atoms with Gasteiger partial charge in [0, 0.05) is 29.9 Å². The Morgan fingerprint density at radius 3 is 1.45 bits per heavy atom. The SMILES string of the molecule is Oc1ccc2ccccc2c1CN(Cc1c(O)ccc2ccccc12)c1ccccc1. The summed E-state index contributed by atoms with van der Waals surface area (Å²) in [5, 5.41) is 25.7. The van der Waals surface area contributed by atoms with E-state index in [1.54, 1.807) is 12.1 Å². The minimum absolute atomic E-state index is 0.279. The monoisotopic (exact) mass is 405 g/mol. The lowest BCUT2D eigenvalue weighted by Crippen LogP contribution is -2.22. The Bertz CT molecular complexity index is 1270. The van der Waals surface area contributed by atoms with Crippen LogP contribution in [0.25, 0.3) is 21.5 Å². The number of benzene rings is 5. The highest BCUT2D eigenvalue weighted by molar-refractivity contribution is 5.89. The van der Waals surface area contributed by atoms with Crippen LogP contribution in [0.15, 0.2) is 103 Å². The van der Waals surface area contributed by atoms with Crippen LogP contribution >= 0.6 is 0 Å². The molecule has 5 rings (SSSR count). The highest BCUT2D eigenvalue weighted by Gasteiger charge is 2.17. The zero-order valence-electron chi connectivity index (χ0n) is 17.1. The van der Waals surface area contributed by atoms with Crippen LogP contribution in [0.1, 0.15) is 11.1 Å². The van der Waals surface area contributed by atoms with E-state index in [0.29, 0.717) is 13.1 Å². The van der Waals surface area contributed by atoms with E-state index >= 15 is 0 Å². The molecule has 0 aliphatic heterocycles. The van der Waals surface area contributed by atoms with Crippen LogP contribution in [0.2, 0.25) is 0 Å². The highest BCUT2D eigenvalue weighted by atomic mass is 16.3. The van der Waals surface area contributed by atoms with Crippen molar-refractivity contribution in [2.45, 2.75) is 13.1 Å². The van der Waals surface area contributed by atoms with Crippen molar-refractivity contribution in [3.63, 3.8) is 0 Å². The first-order valence-electron chi connectivity index (χ1n) is 10.4. The van der Waals surface area contributed by atoms with E-state index in [2.05, 4.69) is 29.2 Å². The lowest BCUT2D eigenvalue weighted by atomic mass is 10.0. The number of para-hydroxylation sites is 1. The van der Waals surface area contributed by atoms with Crippen molar-refractivity contribution in [2.75, 3.05) is 4.90 Å². The zero-order chi connectivity index (χ0) is 21.2. The maximum atomic E-state index is 10.7. The third-order valence-electron chi connectivity index (χ3n) is 5.85. The van der Waals surface area contributed by atoms with Gasteiger partial charge >= 0.3 is 0 Å². The van der Waals surface area contributed by atoms with Crippen molar-refractivity contribution in [1.29, 1.82) is 0 Å². The van der Waals surface area contributed by atoms with Crippen LogP contribution in [-0.2, 0) is 13.1 Å². The number of fused-ring (bicyclic) bond motifs is 2. The molecule has 0 heterocycles. The van der Waals surface area contributed by atoms with Gasteiger partial charge < -0.3 is 15.1 Å². The summed E-state index contributed by atoms with van der Waals surface area (Å²) in [5.41, 5.74) is 2.78. The molecule has 0 aromatic heterocycles. The van der Waals surface area contributed by atoms with Crippen molar-refractivity contribution in [1.82, 2.24) is 0 Å². The predicted molar refractivity (Wildman–Crippen MR) is 128 cm³/mol. The van der Waals surface area contributed by atoms with Crippen LogP contribution in [0.4, 0.5) is 5.69 Å². The molecule has 0 radical (unpaired) electrons. The second-order valence-corrected chi connectivity index (χ2v) is 7.76. The van der Waals surface area contributed by atoms with Crippen LogP contribution in [0.5, 0.6) is 11.5 Å². The minimum atomic E-state index is 0.279. The summed E-state index contributed by atoms with van der Waals surface area (Å²) in [6.07, 6.45) is 0. The van der Waals surface area contributed by atoms with Crippen molar-refractivity contribution in [3.8, 4) is 11.5 Å². The highest BCUT2D eigenvalue weighted by Crippen LogP contribution is 2.33. The van der Waals surface area contributed by atoms with Crippen molar-refractivity contribution in [2.24, 2.45) is 0 Å². The summed E-state index contributed by atoms with van der Waals surface area (Å²) < 4.78 is 0. The van der Waals surface area contributed by atoms with Gasteiger partial charge in [-0.2, -0.15) is 0 Å². The van der Waals surface area contributed by atoms with Gasteiger partial charge in [0.1, 0.15) is 11.5 Å². The average Bonchev–Trinajstić information content (AvgIpc) is 2.82. The molecule has 3 nitrogen and oxygen atoms in total. The summed E-state index contributed by atoms with van der Waals surface area (Å²) in [6, 6.07) is 33.7. The molecule has 0 bridgehead atoms.